The molecule has 1 heteroatoms. The third kappa shape index (κ3) is 3.33. The van der Waals surface area contributed by atoms with Gasteiger partial charge in [-0.3, -0.25) is 0 Å². The van der Waals surface area contributed by atoms with Gasteiger partial charge in [-0.1, -0.05) is 55.8 Å². The van der Waals surface area contributed by atoms with Crippen LogP contribution in [0.2, 0.25) is 0 Å². The first kappa shape index (κ1) is 13.1. The van der Waals surface area contributed by atoms with E-state index in [2.05, 4.69) is 49.4 Å². The van der Waals surface area contributed by atoms with Crippen molar-refractivity contribution in [2.24, 2.45) is 0 Å². The molecule has 0 spiro atoms. The average molecular weight is 242 g/mol. The molecule has 0 aliphatic carbocycles. The second kappa shape index (κ2) is 6.55. The zero-order chi connectivity index (χ0) is 12.8. The number of aryl methyl sites for hydroxylation is 1. The number of aliphatic hydroxyl groups excluding tert-OH is 1. The van der Waals surface area contributed by atoms with Crippen LogP contribution in [0.1, 0.15) is 38.2 Å². The minimum atomic E-state index is -0.120. The molecule has 0 amide bonds. The SMILES string of the molecule is CCCC(O)CCCc1cccc2ccccc12. The minimum Gasteiger partial charge on any atom is -0.393 e. The quantitative estimate of drug-likeness (QED) is 0.799. The van der Waals surface area contributed by atoms with Crippen molar-refractivity contribution in [3.63, 3.8) is 0 Å². The first-order valence-corrected chi connectivity index (χ1v) is 6.96. The Balaban J connectivity index is 1.99. The molecule has 2 rings (SSSR count). The lowest BCUT2D eigenvalue weighted by Gasteiger charge is -2.10. The van der Waals surface area contributed by atoms with E-state index in [-0.39, 0.29) is 6.10 Å². The zero-order valence-electron chi connectivity index (χ0n) is 11.1. The molecule has 0 radical (unpaired) electrons. The highest BCUT2D eigenvalue weighted by Gasteiger charge is 2.04. The van der Waals surface area contributed by atoms with E-state index >= 15 is 0 Å². The monoisotopic (exact) mass is 242 g/mol. The Morgan fingerprint density at radius 2 is 1.78 bits per heavy atom. The van der Waals surface area contributed by atoms with Crippen LogP contribution in [0.25, 0.3) is 10.8 Å². The van der Waals surface area contributed by atoms with Gasteiger partial charge in [0.2, 0.25) is 0 Å². The molecule has 0 heterocycles. The van der Waals surface area contributed by atoms with Gasteiger partial charge in [0, 0.05) is 0 Å². The van der Waals surface area contributed by atoms with Gasteiger partial charge >= 0.3 is 0 Å². The Kier molecular flexibility index (Phi) is 4.77. The van der Waals surface area contributed by atoms with E-state index < -0.39 is 0 Å². The predicted molar refractivity (Wildman–Crippen MR) is 77.8 cm³/mol. The Bertz CT molecular complexity index is 484. The molecule has 2 aromatic rings. The topological polar surface area (TPSA) is 20.2 Å². The van der Waals surface area contributed by atoms with E-state index in [1.165, 1.54) is 16.3 Å². The summed E-state index contributed by atoms with van der Waals surface area (Å²) in [5, 5.41) is 12.4. The number of hydrogen-bond donors (Lipinski definition) is 1. The third-order valence-electron chi connectivity index (χ3n) is 3.49. The first-order valence-electron chi connectivity index (χ1n) is 6.96. The van der Waals surface area contributed by atoms with Crippen LogP contribution in [0.4, 0.5) is 0 Å². The second-order valence-electron chi connectivity index (χ2n) is 4.97. The fourth-order valence-corrected chi connectivity index (χ4v) is 2.52. The zero-order valence-corrected chi connectivity index (χ0v) is 11.1. The highest BCUT2D eigenvalue weighted by atomic mass is 16.3. The lowest BCUT2D eigenvalue weighted by Crippen LogP contribution is -2.05. The Morgan fingerprint density at radius 3 is 2.61 bits per heavy atom. The smallest absolute Gasteiger partial charge is 0.0540 e. The normalized spacial score (nSPS) is 12.8. The van der Waals surface area contributed by atoms with E-state index in [9.17, 15) is 5.11 Å². The van der Waals surface area contributed by atoms with Crippen molar-refractivity contribution in [1.82, 2.24) is 0 Å². The molecule has 0 aliphatic heterocycles. The van der Waals surface area contributed by atoms with Gasteiger partial charge in [-0.2, -0.15) is 0 Å². The summed E-state index contributed by atoms with van der Waals surface area (Å²) >= 11 is 0. The summed E-state index contributed by atoms with van der Waals surface area (Å²) in [5.74, 6) is 0. The van der Waals surface area contributed by atoms with Crippen LogP contribution in [0.5, 0.6) is 0 Å². The molecule has 1 nitrogen and oxygen atoms in total. The molecular formula is C17H22O. The van der Waals surface area contributed by atoms with Gasteiger partial charge in [0.15, 0.2) is 0 Å². The van der Waals surface area contributed by atoms with E-state index in [1.54, 1.807) is 0 Å². The van der Waals surface area contributed by atoms with Gasteiger partial charge in [-0.15, -0.1) is 0 Å². The number of hydrogen-bond acceptors (Lipinski definition) is 1. The largest absolute Gasteiger partial charge is 0.393 e. The molecule has 0 aliphatic rings. The summed E-state index contributed by atoms with van der Waals surface area (Å²) in [6, 6.07) is 15.0. The first-order chi connectivity index (χ1) is 8.81. The van der Waals surface area contributed by atoms with Gasteiger partial charge in [0.05, 0.1) is 6.10 Å². The molecule has 0 bridgehead atoms. The molecule has 0 fully saturated rings. The summed E-state index contributed by atoms with van der Waals surface area (Å²) in [5.41, 5.74) is 1.40. The van der Waals surface area contributed by atoms with E-state index in [4.69, 9.17) is 0 Å². The van der Waals surface area contributed by atoms with Crippen LogP contribution in [-0.2, 0) is 6.42 Å². The Hall–Kier alpha value is -1.34. The summed E-state index contributed by atoms with van der Waals surface area (Å²) in [6.45, 7) is 2.12. The van der Waals surface area contributed by atoms with Gasteiger partial charge < -0.3 is 5.11 Å². The highest BCUT2D eigenvalue weighted by Crippen LogP contribution is 2.20. The van der Waals surface area contributed by atoms with Gasteiger partial charge in [0.25, 0.3) is 0 Å². The van der Waals surface area contributed by atoms with Crippen molar-refractivity contribution in [3.05, 3.63) is 48.0 Å². The Labute approximate surface area is 109 Å². The number of aliphatic hydroxyl groups is 1. The summed E-state index contributed by atoms with van der Waals surface area (Å²) in [4.78, 5) is 0. The standard InChI is InChI=1S/C17H22O/c1-2-7-16(18)12-6-11-15-10-5-9-14-8-3-4-13-17(14)15/h3-5,8-10,13,16,18H,2,6-7,11-12H2,1H3. The highest BCUT2D eigenvalue weighted by molar-refractivity contribution is 5.85. The maximum Gasteiger partial charge on any atom is 0.0540 e. The van der Waals surface area contributed by atoms with Crippen LogP contribution in [0.3, 0.4) is 0 Å². The molecule has 0 aromatic heterocycles. The molecule has 0 saturated heterocycles. The predicted octanol–water partition coefficient (Wildman–Crippen LogP) is 4.32. The van der Waals surface area contributed by atoms with Crippen molar-refractivity contribution >= 4 is 10.8 Å². The lowest BCUT2D eigenvalue weighted by atomic mass is 9.98. The van der Waals surface area contributed by atoms with Gasteiger partial charge in [-0.05, 0) is 42.0 Å². The van der Waals surface area contributed by atoms with Gasteiger partial charge in [0.1, 0.15) is 0 Å². The molecule has 1 N–H and O–H groups in total. The fourth-order valence-electron chi connectivity index (χ4n) is 2.52. The summed E-state index contributed by atoms with van der Waals surface area (Å²) in [6.07, 6.45) is 4.91. The molecule has 2 aromatic carbocycles. The van der Waals surface area contributed by atoms with Crippen LogP contribution in [0.15, 0.2) is 42.5 Å². The van der Waals surface area contributed by atoms with Crippen molar-refractivity contribution in [2.75, 3.05) is 0 Å². The maximum absolute atomic E-state index is 9.74. The molecule has 1 atom stereocenters. The number of rotatable bonds is 6. The van der Waals surface area contributed by atoms with E-state index in [0.717, 1.165) is 32.1 Å². The molecule has 96 valence electrons. The Morgan fingerprint density at radius 1 is 1.00 bits per heavy atom. The molecule has 0 saturated carbocycles. The van der Waals surface area contributed by atoms with Crippen molar-refractivity contribution < 1.29 is 5.11 Å². The van der Waals surface area contributed by atoms with Crippen LogP contribution in [0, 0.1) is 0 Å². The molecule has 1 unspecified atom stereocenters. The molecule has 18 heavy (non-hydrogen) atoms. The minimum absolute atomic E-state index is 0.120. The lowest BCUT2D eigenvalue weighted by molar-refractivity contribution is 0.151. The van der Waals surface area contributed by atoms with Crippen molar-refractivity contribution in [1.29, 1.82) is 0 Å². The van der Waals surface area contributed by atoms with Crippen molar-refractivity contribution in [2.45, 2.75) is 45.1 Å². The fraction of sp³-hybridized carbons (Fsp3) is 0.412. The van der Waals surface area contributed by atoms with E-state index in [0.29, 0.717) is 0 Å². The third-order valence-corrected chi connectivity index (χ3v) is 3.49. The molecular weight excluding hydrogens is 220 g/mol. The number of benzene rings is 2. The summed E-state index contributed by atoms with van der Waals surface area (Å²) in [7, 11) is 0. The van der Waals surface area contributed by atoms with Gasteiger partial charge in [-0.25, -0.2) is 0 Å². The van der Waals surface area contributed by atoms with Crippen LogP contribution >= 0.6 is 0 Å². The van der Waals surface area contributed by atoms with Crippen molar-refractivity contribution in [3.8, 4) is 0 Å². The van der Waals surface area contributed by atoms with Crippen LogP contribution in [-0.4, -0.2) is 11.2 Å². The van der Waals surface area contributed by atoms with Crippen LogP contribution < -0.4 is 0 Å². The number of fused-ring (bicyclic) bond motifs is 1. The average Bonchev–Trinajstić information content (AvgIpc) is 2.39. The maximum atomic E-state index is 9.74. The second-order valence-corrected chi connectivity index (χ2v) is 4.97. The van der Waals surface area contributed by atoms with E-state index in [1.807, 2.05) is 0 Å². The summed E-state index contributed by atoms with van der Waals surface area (Å²) < 4.78 is 0.